The van der Waals surface area contributed by atoms with Crippen LogP contribution in [0.25, 0.3) is 0 Å². The first kappa shape index (κ1) is 13.5. The molecule has 4 heteroatoms. The summed E-state index contributed by atoms with van der Waals surface area (Å²) < 4.78 is 10.8. The summed E-state index contributed by atoms with van der Waals surface area (Å²) in [5, 5.41) is 8.86. The van der Waals surface area contributed by atoms with Gasteiger partial charge in [0.05, 0.1) is 12.2 Å². The largest absolute Gasteiger partial charge is 0.491 e. The molecule has 0 aromatic heterocycles. The highest BCUT2D eigenvalue weighted by molar-refractivity contribution is 5.88. The smallest absolute Gasteiger partial charge is 0.335 e. The summed E-state index contributed by atoms with van der Waals surface area (Å²) in [6.45, 7) is 5.60. The Morgan fingerprint density at radius 2 is 2.06 bits per heavy atom. The molecule has 0 fully saturated rings. The van der Waals surface area contributed by atoms with Crippen LogP contribution >= 0.6 is 0 Å². The van der Waals surface area contributed by atoms with Crippen LogP contribution in [-0.4, -0.2) is 30.9 Å². The van der Waals surface area contributed by atoms with Crippen LogP contribution in [0.5, 0.6) is 5.75 Å². The van der Waals surface area contributed by atoms with Gasteiger partial charge in [-0.25, -0.2) is 4.79 Å². The molecule has 1 aromatic carbocycles. The summed E-state index contributed by atoms with van der Waals surface area (Å²) in [5.41, 5.74) is 1.16. The van der Waals surface area contributed by atoms with E-state index in [1.54, 1.807) is 12.1 Å². The van der Waals surface area contributed by atoms with Gasteiger partial charge in [0, 0.05) is 6.61 Å². The van der Waals surface area contributed by atoms with Gasteiger partial charge in [-0.15, -0.1) is 0 Å². The summed E-state index contributed by atoms with van der Waals surface area (Å²) in [7, 11) is 0. The van der Waals surface area contributed by atoms with E-state index in [0.29, 0.717) is 19.0 Å². The van der Waals surface area contributed by atoms with Crippen molar-refractivity contribution in [2.24, 2.45) is 0 Å². The first-order chi connectivity index (χ1) is 8.15. The van der Waals surface area contributed by atoms with E-state index in [4.69, 9.17) is 14.6 Å². The van der Waals surface area contributed by atoms with Crippen molar-refractivity contribution in [3.63, 3.8) is 0 Å². The normalized spacial score (nSPS) is 10.2. The Kier molecular flexibility index (Phi) is 5.49. The zero-order chi connectivity index (χ0) is 12.7. The Bertz CT molecular complexity index is 374. The van der Waals surface area contributed by atoms with Crippen molar-refractivity contribution in [1.82, 2.24) is 0 Å². The third-order valence-electron chi connectivity index (χ3n) is 2.27. The molecule has 1 aromatic rings. The minimum Gasteiger partial charge on any atom is -0.491 e. The standard InChI is InChI=1S/C13H18O4/c1-3-6-16-7-8-17-12-9-11(13(14)15)5-4-10(12)2/h4-5,9H,3,6-8H2,1-2H3,(H,14,15). The van der Waals surface area contributed by atoms with Crippen molar-refractivity contribution in [3.8, 4) is 5.75 Å². The third-order valence-corrected chi connectivity index (χ3v) is 2.27. The third kappa shape index (κ3) is 4.44. The Hall–Kier alpha value is -1.55. The van der Waals surface area contributed by atoms with Gasteiger partial charge in [0.1, 0.15) is 12.4 Å². The van der Waals surface area contributed by atoms with Gasteiger partial charge in [-0.05, 0) is 31.0 Å². The molecule has 0 atom stereocenters. The van der Waals surface area contributed by atoms with Gasteiger partial charge in [0.2, 0.25) is 0 Å². The Balaban J connectivity index is 2.51. The van der Waals surface area contributed by atoms with E-state index >= 15 is 0 Å². The minimum absolute atomic E-state index is 0.236. The predicted octanol–water partition coefficient (Wildman–Crippen LogP) is 2.50. The highest BCUT2D eigenvalue weighted by atomic mass is 16.5. The number of ether oxygens (including phenoxy) is 2. The lowest BCUT2D eigenvalue weighted by atomic mass is 10.1. The Morgan fingerprint density at radius 1 is 1.29 bits per heavy atom. The molecule has 1 N–H and O–H groups in total. The number of hydrogen-bond donors (Lipinski definition) is 1. The quantitative estimate of drug-likeness (QED) is 0.741. The summed E-state index contributed by atoms with van der Waals surface area (Å²) in [5.74, 6) is -0.345. The maximum atomic E-state index is 10.8. The SMILES string of the molecule is CCCOCCOc1cc(C(=O)O)ccc1C. The molecule has 0 bridgehead atoms. The van der Waals surface area contributed by atoms with E-state index in [1.165, 1.54) is 6.07 Å². The lowest BCUT2D eigenvalue weighted by Crippen LogP contribution is -2.08. The van der Waals surface area contributed by atoms with E-state index in [2.05, 4.69) is 0 Å². The summed E-state index contributed by atoms with van der Waals surface area (Å²) in [6, 6.07) is 4.85. The molecule has 0 unspecified atom stereocenters. The number of carboxylic acid groups (broad SMARTS) is 1. The number of benzene rings is 1. The first-order valence-electron chi connectivity index (χ1n) is 5.69. The van der Waals surface area contributed by atoms with Crippen LogP contribution in [0.1, 0.15) is 29.3 Å². The summed E-state index contributed by atoms with van der Waals surface area (Å²) >= 11 is 0. The number of hydrogen-bond acceptors (Lipinski definition) is 3. The molecule has 0 amide bonds. The second-order valence-electron chi connectivity index (χ2n) is 3.75. The van der Waals surface area contributed by atoms with Crippen molar-refractivity contribution in [1.29, 1.82) is 0 Å². The molecule has 0 heterocycles. The average molecular weight is 238 g/mol. The van der Waals surface area contributed by atoms with Gasteiger partial charge in [-0.2, -0.15) is 0 Å². The summed E-state index contributed by atoms with van der Waals surface area (Å²) in [4.78, 5) is 10.8. The Morgan fingerprint density at radius 3 is 2.71 bits per heavy atom. The molecule has 94 valence electrons. The fraction of sp³-hybridized carbons (Fsp3) is 0.462. The van der Waals surface area contributed by atoms with Crippen molar-refractivity contribution >= 4 is 5.97 Å². The lowest BCUT2D eigenvalue weighted by Gasteiger charge is -2.10. The molecule has 4 nitrogen and oxygen atoms in total. The highest BCUT2D eigenvalue weighted by Crippen LogP contribution is 2.19. The zero-order valence-corrected chi connectivity index (χ0v) is 10.2. The molecule has 0 saturated carbocycles. The van der Waals surface area contributed by atoms with Crippen molar-refractivity contribution in [2.45, 2.75) is 20.3 Å². The van der Waals surface area contributed by atoms with Crippen LogP contribution in [0.4, 0.5) is 0 Å². The molecular formula is C13H18O4. The molecule has 17 heavy (non-hydrogen) atoms. The molecule has 0 aliphatic rings. The molecular weight excluding hydrogens is 220 g/mol. The molecule has 0 aliphatic heterocycles. The van der Waals surface area contributed by atoms with Gasteiger partial charge in [0.15, 0.2) is 0 Å². The number of aryl methyl sites for hydroxylation is 1. The van der Waals surface area contributed by atoms with E-state index < -0.39 is 5.97 Å². The minimum atomic E-state index is -0.947. The molecule has 0 radical (unpaired) electrons. The molecule has 0 spiro atoms. The van der Waals surface area contributed by atoms with Crippen molar-refractivity contribution in [3.05, 3.63) is 29.3 Å². The van der Waals surface area contributed by atoms with Crippen LogP contribution < -0.4 is 4.74 Å². The maximum Gasteiger partial charge on any atom is 0.335 e. The second-order valence-corrected chi connectivity index (χ2v) is 3.75. The first-order valence-corrected chi connectivity index (χ1v) is 5.69. The van der Waals surface area contributed by atoms with Gasteiger partial charge >= 0.3 is 5.97 Å². The number of carbonyl (C=O) groups is 1. The topological polar surface area (TPSA) is 55.8 Å². The fourth-order valence-electron chi connectivity index (χ4n) is 1.35. The average Bonchev–Trinajstić information content (AvgIpc) is 2.30. The van der Waals surface area contributed by atoms with Gasteiger partial charge < -0.3 is 14.6 Å². The number of rotatable bonds is 7. The van der Waals surface area contributed by atoms with Crippen LogP contribution in [0.15, 0.2) is 18.2 Å². The Labute approximate surface area is 101 Å². The van der Waals surface area contributed by atoms with Gasteiger partial charge in [-0.1, -0.05) is 13.0 Å². The lowest BCUT2D eigenvalue weighted by molar-refractivity contribution is 0.0696. The monoisotopic (exact) mass is 238 g/mol. The van der Waals surface area contributed by atoms with Gasteiger partial charge in [0.25, 0.3) is 0 Å². The van der Waals surface area contributed by atoms with Crippen molar-refractivity contribution < 1.29 is 19.4 Å². The molecule has 1 rings (SSSR count). The summed E-state index contributed by atoms with van der Waals surface area (Å²) in [6.07, 6.45) is 0.980. The zero-order valence-electron chi connectivity index (χ0n) is 10.2. The molecule has 0 aliphatic carbocycles. The van der Waals surface area contributed by atoms with E-state index in [-0.39, 0.29) is 5.56 Å². The predicted molar refractivity (Wildman–Crippen MR) is 64.7 cm³/mol. The highest BCUT2D eigenvalue weighted by Gasteiger charge is 2.06. The fourth-order valence-corrected chi connectivity index (χ4v) is 1.35. The van der Waals surface area contributed by atoms with Crippen molar-refractivity contribution in [2.75, 3.05) is 19.8 Å². The molecule has 0 saturated heterocycles. The van der Waals surface area contributed by atoms with Crippen LogP contribution in [0.3, 0.4) is 0 Å². The van der Waals surface area contributed by atoms with E-state index in [9.17, 15) is 4.79 Å². The van der Waals surface area contributed by atoms with Crippen LogP contribution in [-0.2, 0) is 4.74 Å². The number of aromatic carboxylic acids is 1. The maximum absolute atomic E-state index is 10.8. The van der Waals surface area contributed by atoms with E-state index in [1.807, 2.05) is 13.8 Å². The van der Waals surface area contributed by atoms with Crippen LogP contribution in [0, 0.1) is 6.92 Å². The van der Waals surface area contributed by atoms with Crippen LogP contribution in [0.2, 0.25) is 0 Å². The van der Waals surface area contributed by atoms with Gasteiger partial charge in [-0.3, -0.25) is 0 Å². The second kappa shape index (κ2) is 6.91. The number of carboxylic acids is 1. The van der Waals surface area contributed by atoms with E-state index in [0.717, 1.165) is 18.6 Å².